The van der Waals surface area contributed by atoms with Crippen LogP contribution in [0.15, 0.2) is 24.8 Å². The van der Waals surface area contributed by atoms with Crippen molar-refractivity contribution in [1.82, 2.24) is 25.1 Å². The standard InChI is InChI=1S/C13H19N5/c1-4-5-18-9-11(7-17-18)13(14-3)12-8-15-10(2)6-16-12/h6-9,13-14H,4-5H2,1-3H3. The van der Waals surface area contributed by atoms with Crippen LogP contribution in [0.5, 0.6) is 0 Å². The molecule has 0 radical (unpaired) electrons. The van der Waals surface area contributed by atoms with Crippen LogP contribution < -0.4 is 5.32 Å². The SMILES string of the molecule is CCCn1cc(C(NC)c2cnc(C)cn2)cn1. The molecule has 2 aromatic heterocycles. The highest BCUT2D eigenvalue weighted by Crippen LogP contribution is 2.18. The molecular weight excluding hydrogens is 226 g/mol. The van der Waals surface area contributed by atoms with Gasteiger partial charge in [0, 0.05) is 24.5 Å². The Balaban J connectivity index is 2.24. The lowest BCUT2D eigenvalue weighted by atomic mass is 10.1. The average Bonchev–Trinajstić information content (AvgIpc) is 2.82. The summed E-state index contributed by atoms with van der Waals surface area (Å²) >= 11 is 0. The highest BCUT2D eigenvalue weighted by Gasteiger charge is 2.15. The summed E-state index contributed by atoms with van der Waals surface area (Å²) < 4.78 is 1.96. The van der Waals surface area contributed by atoms with Crippen LogP contribution in [-0.2, 0) is 6.54 Å². The summed E-state index contributed by atoms with van der Waals surface area (Å²) in [7, 11) is 1.92. The van der Waals surface area contributed by atoms with E-state index in [2.05, 4.69) is 33.5 Å². The van der Waals surface area contributed by atoms with Crippen LogP contribution in [0.1, 0.15) is 36.3 Å². The van der Waals surface area contributed by atoms with Gasteiger partial charge >= 0.3 is 0 Å². The van der Waals surface area contributed by atoms with Crippen LogP contribution in [0.4, 0.5) is 0 Å². The Morgan fingerprint density at radius 1 is 1.28 bits per heavy atom. The third-order valence-electron chi connectivity index (χ3n) is 2.82. The molecule has 0 saturated carbocycles. The zero-order valence-corrected chi connectivity index (χ0v) is 11.1. The third kappa shape index (κ3) is 2.73. The Morgan fingerprint density at radius 3 is 2.72 bits per heavy atom. The molecule has 0 aliphatic heterocycles. The van der Waals surface area contributed by atoms with Crippen molar-refractivity contribution in [1.29, 1.82) is 0 Å². The molecule has 0 bridgehead atoms. The van der Waals surface area contributed by atoms with Crippen LogP contribution in [0.3, 0.4) is 0 Å². The summed E-state index contributed by atoms with van der Waals surface area (Å²) in [6.45, 7) is 5.02. The van der Waals surface area contributed by atoms with Crippen LogP contribution in [0, 0.1) is 6.92 Å². The van der Waals surface area contributed by atoms with Gasteiger partial charge in [-0.25, -0.2) is 0 Å². The Labute approximate surface area is 107 Å². The van der Waals surface area contributed by atoms with Gasteiger partial charge in [-0.1, -0.05) is 6.92 Å². The fourth-order valence-corrected chi connectivity index (χ4v) is 1.92. The molecule has 0 aromatic carbocycles. The van der Waals surface area contributed by atoms with E-state index in [1.54, 1.807) is 6.20 Å². The second-order valence-corrected chi connectivity index (χ2v) is 4.34. The molecule has 0 amide bonds. The molecule has 2 rings (SSSR count). The molecule has 1 N–H and O–H groups in total. The number of nitrogens with zero attached hydrogens (tertiary/aromatic N) is 4. The number of nitrogens with one attached hydrogen (secondary N) is 1. The van der Waals surface area contributed by atoms with E-state index in [1.807, 2.05) is 31.0 Å². The maximum absolute atomic E-state index is 4.42. The number of aromatic nitrogens is 4. The largest absolute Gasteiger partial charge is 0.308 e. The minimum Gasteiger partial charge on any atom is -0.308 e. The normalized spacial score (nSPS) is 12.6. The lowest BCUT2D eigenvalue weighted by Gasteiger charge is -2.13. The lowest BCUT2D eigenvalue weighted by Crippen LogP contribution is -2.18. The predicted octanol–water partition coefficient (Wildman–Crippen LogP) is 1.70. The zero-order valence-electron chi connectivity index (χ0n) is 11.1. The molecule has 0 aliphatic carbocycles. The van der Waals surface area contributed by atoms with Gasteiger partial charge in [-0.15, -0.1) is 0 Å². The van der Waals surface area contributed by atoms with Crippen LogP contribution in [-0.4, -0.2) is 26.8 Å². The fourth-order valence-electron chi connectivity index (χ4n) is 1.92. The van der Waals surface area contributed by atoms with Crippen LogP contribution in [0.2, 0.25) is 0 Å². The first-order chi connectivity index (χ1) is 8.74. The van der Waals surface area contributed by atoms with Crippen molar-refractivity contribution in [2.75, 3.05) is 7.05 Å². The van der Waals surface area contributed by atoms with Gasteiger partial charge in [-0.05, 0) is 20.4 Å². The molecule has 96 valence electrons. The predicted molar refractivity (Wildman–Crippen MR) is 70.2 cm³/mol. The Kier molecular flexibility index (Phi) is 4.04. The molecule has 1 unspecified atom stereocenters. The number of hydrogen-bond donors (Lipinski definition) is 1. The van der Waals surface area contributed by atoms with E-state index in [0.29, 0.717) is 0 Å². The highest BCUT2D eigenvalue weighted by atomic mass is 15.3. The summed E-state index contributed by atoms with van der Waals surface area (Å²) in [6.07, 6.45) is 8.63. The van der Waals surface area contributed by atoms with Gasteiger partial charge in [0.2, 0.25) is 0 Å². The minimum atomic E-state index is 0.0451. The average molecular weight is 245 g/mol. The van der Waals surface area contributed by atoms with Crippen LogP contribution >= 0.6 is 0 Å². The van der Waals surface area contributed by atoms with Gasteiger partial charge in [-0.3, -0.25) is 14.6 Å². The van der Waals surface area contributed by atoms with E-state index in [9.17, 15) is 0 Å². The summed E-state index contributed by atoms with van der Waals surface area (Å²) in [4.78, 5) is 8.71. The van der Waals surface area contributed by atoms with Crippen molar-refractivity contribution in [3.05, 3.63) is 41.7 Å². The quantitative estimate of drug-likeness (QED) is 0.871. The summed E-state index contributed by atoms with van der Waals surface area (Å²) in [5, 5.41) is 7.60. The topological polar surface area (TPSA) is 55.6 Å². The molecule has 5 nitrogen and oxygen atoms in total. The fraction of sp³-hybridized carbons (Fsp3) is 0.462. The van der Waals surface area contributed by atoms with Gasteiger partial charge in [0.25, 0.3) is 0 Å². The monoisotopic (exact) mass is 245 g/mol. The molecule has 18 heavy (non-hydrogen) atoms. The van der Waals surface area contributed by atoms with E-state index >= 15 is 0 Å². The Morgan fingerprint density at radius 2 is 2.11 bits per heavy atom. The lowest BCUT2D eigenvalue weighted by molar-refractivity contribution is 0.599. The minimum absolute atomic E-state index is 0.0451. The Hall–Kier alpha value is -1.75. The third-order valence-corrected chi connectivity index (χ3v) is 2.82. The molecule has 1 atom stereocenters. The molecule has 0 spiro atoms. The Bertz CT molecular complexity index is 488. The van der Waals surface area contributed by atoms with Crippen molar-refractivity contribution >= 4 is 0 Å². The van der Waals surface area contributed by atoms with Crippen molar-refractivity contribution < 1.29 is 0 Å². The first kappa shape index (κ1) is 12.7. The summed E-state index contributed by atoms with van der Waals surface area (Å²) in [5.74, 6) is 0. The van der Waals surface area contributed by atoms with Crippen molar-refractivity contribution in [3.63, 3.8) is 0 Å². The van der Waals surface area contributed by atoms with E-state index in [1.165, 1.54) is 0 Å². The van der Waals surface area contributed by atoms with Gasteiger partial charge in [0.15, 0.2) is 0 Å². The second-order valence-electron chi connectivity index (χ2n) is 4.34. The number of aryl methyl sites for hydroxylation is 2. The van der Waals surface area contributed by atoms with E-state index in [-0.39, 0.29) is 6.04 Å². The maximum atomic E-state index is 4.42. The first-order valence-corrected chi connectivity index (χ1v) is 6.22. The van der Waals surface area contributed by atoms with Gasteiger partial charge < -0.3 is 5.32 Å². The van der Waals surface area contributed by atoms with Gasteiger partial charge in [-0.2, -0.15) is 5.10 Å². The van der Waals surface area contributed by atoms with E-state index < -0.39 is 0 Å². The van der Waals surface area contributed by atoms with Gasteiger partial charge in [0.1, 0.15) is 0 Å². The smallest absolute Gasteiger partial charge is 0.0802 e. The number of hydrogen-bond acceptors (Lipinski definition) is 4. The molecule has 0 aliphatic rings. The van der Waals surface area contributed by atoms with E-state index in [4.69, 9.17) is 0 Å². The van der Waals surface area contributed by atoms with Gasteiger partial charge in [0.05, 0.1) is 29.8 Å². The zero-order chi connectivity index (χ0) is 13.0. The first-order valence-electron chi connectivity index (χ1n) is 6.22. The summed E-state index contributed by atoms with van der Waals surface area (Å²) in [6, 6.07) is 0.0451. The summed E-state index contributed by atoms with van der Waals surface area (Å²) in [5.41, 5.74) is 2.96. The molecule has 5 heteroatoms. The highest BCUT2D eigenvalue weighted by molar-refractivity contribution is 5.22. The molecule has 2 aromatic rings. The second kappa shape index (κ2) is 5.73. The van der Waals surface area contributed by atoms with E-state index in [0.717, 1.165) is 29.9 Å². The molecule has 2 heterocycles. The molecule has 0 saturated heterocycles. The van der Waals surface area contributed by atoms with Crippen molar-refractivity contribution in [2.45, 2.75) is 32.9 Å². The maximum Gasteiger partial charge on any atom is 0.0802 e. The van der Waals surface area contributed by atoms with Crippen molar-refractivity contribution in [2.24, 2.45) is 0 Å². The van der Waals surface area contributed by atoms with Crippen molar-refractivity contribution in [3.8, 4) is 0 Å². The molecular formula is C13H19N5. The van der Waals surface area contributed by atoms with Crippen LogP contribution in [0.25, 0.3) is 0 Å². The number of rotatable bonds is 5. The molecule has 0 fully saturated rings.